The number of rotatable bonds is 11. The highest BCUT2D eigenvalue weighted by Crippen LogP contribution is 2.33. The molecule has 0 spiro atoms. The molecule has 13 nitrogen and oxygen atoms in total. The van der Waals surface area contributed by atoms with Crippen LogP contribution in [-0.2, 0) is 21.6 Å². The number of benzene rings is 3. The molecule has 0 aliphatic rings. The van der Waals surface area contributed by atoms with E-state index in [0.29, 0.717) is 28.9 Å². The smallest absolute Gasteiger partial charge is 0.324 e. The average molecular weight is 686 g/mol. The molecule has 0 saturated carbocycles. The highest BCUT2D eigenvalue weighted by molar-refractivity contribution is 6.07. The fourth-order valence-electron chi connectivity index (χ4n) is 5.22. The molecule has 3 heterocycles. The zero-order valence-electron chi connectivity index (χ0n) is 29.0. The molecule has 6 aromatic rings. The topological polar surface area (TPSA) is 157 Å². The molecule has 0 saturated heterocycles. The Morgan fingerprint density at radius 1 is 0.843 bits per heavy atom. The molecule has 260 valence electrons. The van der Waals surface area contributed by atoms with E-state index in [1.807, 2.05) is 85.8 Å². The van der Waals surface area contributed by atoms with Crippen LogP contribution < -0.4 is 26.0 Å². The number of aromatic nitrogens is 5. The summed E-state index contributed by atoms with van der Waals surface area (Å²) in [5.41, 5.74) is 4.11. The van der Waals surface area contributed by atoms with Crippen molar-refractivity contribution in [2.24, 2.45) is 0 Å². The highest BCUT2D eigenvalue weighted by atomic mass is 16.5. The SMILES string of the molecule is COCC(=O)Nc1cncc(Nc2cc(COc3ccc(NC(=O)Nc4cc(C(C)(C)C)nn4-c4ccc(C)cc4)c4ccccc34)ccn2)n1. The third-order valence-electron chi connectivity index (χ3n) is 7.78. The van der Waals surface area contributed by atoms with Gasteiger partial charge in [0.15, 0.2) is 11.6 Å². The van der Waals surface area contributed by atoms with E-state index in [4.69, 9.17) is 14.6 Å². The molecular weight excluding hydrogens is 646 g/mol. The van der Waals surface area contributed by atoms with Gasteiger partial charge in [-0.05, 0) is 48.9 Å². The summed E-state index contributed by atoms with van der Waals surface area (Å²) in [6.45, 7) is 8.45. The lowest BCUT2D eigenvalue weighted by Gasteiger charge is -2.15. The highest BCUT2D eigenvalue weighted by Gasteiger charge is 2.22. The van der Waals surface area contributed by atoms with Crippen molar-refractivity contribution in [3.05, 3.63) is 114 Å². The number of hydrogen-bond donors (Lipinski definition) is 4. The second kappa shape index (κ2) is 15.0. The van der Waals surface area contributed by atoms with Crippen LogP contribution in [0.4, 0.5) is 33.8 Å². The van der Waals surface area contributed by atoms with Crippen LogP contribution in [0, 0.1) is 6.92 Å². The van der Waals surface area contributed by atoms with E-state index in [0.717, 1.165) is 33.3 Å². The van der Waals surface area contributed by atoms with Crippen molar-refractivity contribution in [2.45, 2.75) is 39.7 Å². The third kappa shape index (κ3) is 8.64. The van der Waals surface area contributed by atoms with Crippen LogP contribution >= 0.6 is 0 Å². The first-order chi connectivity index (χ1) is 24.6. The molecule has 3 aromatic heterocycles. The zero-order chi connectivity index (χ0) is 36.0. The quantitative estimate of drug-likeness (QED) is 0.109. The summed E-state index contributed by atoms with van der Waals surface area (Å²) in [6.07, 6.45) is 4.64. The normalized spacial score (nSPS) is 11.2. The lowest BCUT2D eigenvalue weighted by Crippen LogP contribution is -2.21. The van der Waals surface area contributed by atoms with Gasteiger partial charge in [0.25, 0.3) is 5.91 Å². The minimum atomic E-state index is -0.396. The van der Waals surface area contributed by atoms with Gasteiger partial charge in [-0.3, -0.25) is 15.1 Å². The summed E-state index contributed by atoms with van der Waals surface area (Å²) in [5, 5.41) is 18.2. The van der Waals surface area contributed by atoms with E-state index in [1.54, 1.807) is 10.9 Å². The fraction of sp³-hybridized carbons (Fsp3) is 0.211. The number of aryl methyl sites for hydroxylation is 1. The van der Waals surface area contributed by atoms with Crippen LogP contribution in [0.1, 0.15) is 37.6 Å². The number of hydrogen-bond acceptors (Lipinski definition) is 9. The number of nitrogens with one attached hydrogen (secondary N) is 4. The van der Waals surface area contributed by atoms with Gasteiger partial charge >= 0.3 is 6.03 Å². The van der Waals surface area contributed by atoms with Gasteiger partial charge in [0, 0.05) is 35.6 Å². The molecule has 4 N–H and O–H groups in total. The first kappa shape index (κ1) is 34.5. The van der Waals surface area contributed by atoms with Crippen molar-refractivity contribution >= 4 is 51.7 Å². The van der Waals surface area contributed by atoms with Gasteiger partial charge in [0.2, 0.25) is 0 Å². The molecule has 51 heavy (non-hydrogen) atoms. The molecule has 3 amide bonds. The predicted octanol–water partition coefficient (Wildman–Crippen LogP) is 7.37. The second-order valence-corrected chi connectivity index (χ2v) is 12.9. The molecule has 0 radical (unpaired) electrons. The number of carbonyl (C=O) groups excluding carboxylic acids is 2. The molecule has 0 aliphatic heterocycles. The Balaban J connectivity index is 1.15. The molecule has 3 aromatic carbocycles. The summed E-state index contributed by atoms with van der Waals surface area (Å²) >= 11 is 0. The van der Waals surface area contributed by atoms with E-state index in [-0.39, 0.29) is 30.4 Å². The minimum absolute atomic E-state index is 0.0898. The maximum atomic E-state index is 13.4. The second-order valence-electron chi connectivity index (χ2n) is 12.9. The molecule has 0 aliphatic carbocycles. The Morgan fingerprint density at radius 2 is 1.61 bits per heavy atom. The van der Waals surface area contributed by atoms with Gasteiger partial charge in [0.1, 0.15) is 30.6 Å². The van der Waals surface area contributed by atoms with Crippen molar-refractivity contribution in [1.82, 2.24) is 24.7 Å². The summed E-state index contributed by atoms with van der Waals surface area (Å²) in [4.78, 5) is 38.1. The number of methoxy groups -OCH3 is 1. The average Bonchev–Trinajstić information content (AvgIpc) is 3.53. The summed E-state index contributed by atoms with van der Waals surface area (Å²) in [7, 11) is 1.44. The van der Waals surface area contributed by atoms with Crippen LogP contribution in [0.5, 0.6) is 5.75 Å². The zero-order valence-corrected chi connectivity index (χ0v) is 29.0. The predicted molar refractivity (Wildman–Crippen MR) is 198 cm³/mol. The molecule has 0 fully saturated rings. The number of anilines is 5. The lowest BCUT2D eigenvalue weighted by molar-refractivity contribution is -0.119. The maximum absolute atomic E-state index is 13.4. The van der Waals surface area contributed by atoms with Crippen molar-refractivity contribution in [2.75, 3.05) is 35.0 Å². The number of amides is 3. The molecule has 0 bridgehead atoms. The monoisotopic (exact) mass is 685 g/mol. The van der Waals surface area contributed by atoms with E-state index in [9.17, 15) is 9.59 Å². The Hall–Kier alpha value is -6.34. The van der Waals surface area contributed by atoms with Gasteiger partial charge in [-0.25, -0.2) is 19.4 Å². The first-order valence-corrected chi connectivity index (χ1v) is 16.3. The van der Waals surface area contributed by atoms with Crippen molar-refractivity contribution in [1.29, 1.82) is 0 Å². The maximum Gasteiger partial charge on any atom is 0.324 e. The first-order valence-electron chi connectivity index (χ1n) is 16.3. The minimum Gasteiger partial charge on any atom is -0.488 e. The van der Waals surface area contributed by atoms with Crippen molar-refractivity contribution in [3.8, 4) is 11.4 Å². The van der Waals surface area contributed by atoms with Crippen LogP contribution in [0.15, 0.2) is 97.5 Å². The Kier molecular flexibility index (Phi) is 10.2. The Labute approximate surface area is 295 Å². The standard InChI is InChI=1S/C38H39N9O4/c1-24-10-12-26(13-11-24)47-35(19-31(46-47)38(2,3)4)45-37(49)41-29-14-15-30(28-9-7-6-8-27(28)29)51-22-25-16-17-40-32(18-25)42-33-20-39-21-34(43-33)44-36(48)23-50-5/h6-21H,22-23H2,1-5H3,(H2,41,45,49)(H2,40,42,43,44,48). The van der Waals surface area contributed by atoms with E-state index in [2.05, 4.69) is 57.0 Å². The van der Waals surface area contributed by atoms with Crippen LogP contribution in [-0.4, -0.2) is 50.4 Å². The van der Waals surface area contributed by atoms with E-state index in [1.165, 1.54) is 19.5 Å². The molecule has 6 rings (SSSR count). The summed E-state index contributed by atoms with van der Waals surface area (Å²) in [6, 6.07) is 24.6. The number of carbonyl (C=O) groups is 2. The fourth-order valence-corrected chi connectivity index (χ4v) is 5.22. The molecule has 0 atom stereocenters. The van der Waals surface area contributed by atoms with E-state index >= 15 is 0 Å². The van der Waals surface area contributed by atoms with Gasteiger partial charge < -0.3 is 25.4 Å². The van der Waals surface area contributed by atoms with Gasteiger partial charge in [-0.2, -0.15) is 5.10 Å². The van der Waals surface area contributed by atoms with Crippen LogP contribution in [0.2, 0.25) is 0 Å². The number of nitrogens with zero attached hydrogens (tertiary/aromatic N) is 5. The van der Waals surface area contributed by atoms with Crippen LogP contribution in [0.25, 0.3) is 16.5 Å². The van der Waals surface area contributed by atoms with Gasteiger partial charge in [-0.1, -0.05) is 62.7 Å². The number of ether oxygens (including phenoxy) is 2. The molecule has 13 heteroatoms. The summed E-state index contributed by atoms with van der Waals surface area (Å²) in [5.74, 6) is 2.10. The number of fused-ring (bicyclic) bond motifs is 1. The lowest BCUT2D eigenvalue weighted by atomic mass is 9.92. The Morgan fingerprint density at radius 3 is 2.37 bits per heavy atom. The van der Waals surface area contributed by atoms with Crippen molar-refractivity contribution < 1.29 is 19.1 Å². The van der Waals surface area contributed by atoms with Crippen molar-refractivity contribution in [3.63, 3.8) is 0 Å². The largest absolute Gasteiger partial charge is 0.488 e. The van der Waals surface area contributed by atoms with Gasteiger partial charge in [0.05, 0.1) is 29.5 Å². The summed E-state index contributed by atoms with van der Waals surface area (Å²) < 4.78 is 12.9. The molecule has 0 unspecified atom stereocenters. The van der Waals surface area contributed by atoms with Gasteiger partial charge in [-0.15, -0.1) is 0 Å². The number of pyridine rings is 1. The Bertz CT molecular complexity index is 2180. The molecular formula is C38H39N9O4. The van der Waals surface area contributed by atoms with E-state index < -0.39 is 6.03 Å². The number of urea groups is 1. The van der Waals surface area contributed by atoms with Crippen LogP contribution in [0.3, 0.4) is 0 Å². The third-order valence-corrected chi connectivity index (χ3v) is 7.78.